The van der Waals surface area contributed by atoms with Gasteiger partial charge in [-0.3, -0.25) is 0 Å². The minimum atomic E-state index is -3.69. The van der Waals surface area contributed by atoms with Crippen LogP contribution in [0.15, 0.2) is 17.0 Å². The second-order valence-electron chi connectivity index (χ2n) is 4.52. The molecule has 8 heteroatoms. The summed E-state index contributed by atoms with van der Waals surface area (Å²) in [5, 5.41) is 9.78. The Morgan fingerprint density at radius 1 is 1.35 bits per heavy atom. The molecular formula is C12H15Cl2NO3S2. The monoisotopic (exact) mass is 355 g/mol. The number of aliphatic hydroxyl groups excluding tert-OH is 1. The third-order valence-electron chi connectivity index (χ3n) is 3.09. The maximum absolute atomic E-state index is 12.3. The Bertz CT molecular complexity index is 587. The fraction of sp³-hybridized carbons (Fsp3) is 0.500. The molecule has 1 saturated heterocycles. The van der Waals surface area contributed by atoms with Gasteiger partial charge < -0.3 is 5.11 Å². The van der Waals surface area contributed by atoms with E-state index < -0.39 is 10.0 Å². The minimum Gasteiger partial charge on any atom is -0.392 e. The van der Waals surface area contributed by atoms with Crippen molar-refractivity contribution in [3.05, 3.63) is 27.7 Å². The molecule has 1 unspecified atom stereocenters. The van der Waals surface area contributed by atoms with Crippen LogP contribution in [0.5, 0.6) is 0 Å². The summed E-state index contributed by atoms with van der Waals surface area (Å²) in [5.74, 6) is 1.07. The van der Waals surface area contributed by atoms with Crippen LogP contribution in [0.1, 0.15) is 18.4 Å². The van der Waals surface area contributed by atoms with E-state index in [-0.39, 0.29) is 21.5 Å². The van der Waals surface area contributed by atoms with Gasteiger partial charge in [-0.1, -0.05) is 23.2 Å². The second-order valence-corrected chi connectivity index (χ2v) is 8.48. The minimum absolute atomic E-state index is 0.0457. The van der Waals surface area contributed by atoms with Gasteiger partial charge >= 0.3 is 0 Å². The van der Waals surface area contributed by atoms with Crippen LogP contribution in [0, 0.1) is 0 Å². The highest BCUT2D eigenvalue weighted by molar-refractivity contribution is 8.00. The summed E-state index contributed by atoms with van der Waals surface area (Å²) >= 11 is 13.6. The summed E-state index contributed by atoms with van der Waals surface area (Å²) < 4.78 is 27.1. The lowest BCUT2D eigenvalue weighted by atomic mass is 10.2. The van der Waals surface area contributed by atoms with Crippen molar-refractivity contribution >= 4 is 45.0 Å². The van der Waals surface area contributed by atoms with E-state index in [0.29, 0.717) is 17.4 Å². The predicted octanol–water partition coefficient (Wildman–Crippen LogP) is 2.66. The SMILES string of the molecule is O=S(=O)(NCC1CCCS1)c1cc(CO)c(Cl)cc1Cl. The third kappa shape index (κ3) is 3.81. The lowest BCUT2D eigenvalue weighted by Crippen LogP contribution is -2.30. The zero-order valence-electron chi connectivity index (χ0n) is 10.6. The van der Waals surface area contributed by atoms with Crippen molar-refractivity contribution in [1.82, 2.24) is 4.72 Å². The maximum atomic E-state index is 12.3. The number of hydrogen-bond donors (Lipinski definition) is 2. The Morgan fingerprint density at radius 3 is 2.70 bits per heavy atom. The zero-order chi connectivity index (χ0) is 14.8. The van der Waals surface area contributed by atoms with Gasteiger partial charge in [0, 0.05) is 16.8 Å². The molecule has 112 valence electrons. The van der Waals surface area contributed by atoms with E-state index >= 15 is 0 Å². The number of aliphatic hydroxyl groups is 1. The highest BCUT2D eigenvalue weighted by atomic mass is 35.5. The molecule has 0 aromatic heterocycles. The molecule has 1 aliphatic heterocycles. The van der Waals surface area contributed by atoms with Gasteiger partial charge in [-0.15, -0.1) is 0 Å². The highest BCUT2D eigenvalue weighted by Crippen LogP contribution is 2.29. The summed E-state index contributed by atoms with van der Waals surface area (Å²) in [4.78, 5) is -0.0457. The summed E-state index contributed by atoms with van der Waals surface area (Å²) in [6.07, 6.45) is 2.14. The van der Waals surface area contributed by atoms with Gasteiger partial charge in [-0.25, -0.2) is 13.1 Å². The Morgan fingerprint density at radius 2 is 2.10 bits per heavy atom. The first-order valence-corrected chi connectivity index (χ1v) is 9.43. The molecule has 0 spiro atoms. The third-order valence-corrected chi connectivity index (χ3v) is 6.72. The van der Waals surface area contributed by atoms with Gasteiger partial charge in [0.15, 0.2) is 0 Å². The Labute approximate surface area is 132 Å². The molecule has 0 bridgehead atoms. The summed E-state index contributed by atoms with van der Waals surface area (Å²) in [7, 11) is -3.69. The number of thioether (sulfide) groups is 1. The van der Waals surface area contributed by atoms with Gasteiger partial charge in [0.2, 0.25) is 10.0 Å². The van der Waals surface area contributed by atoms with E-state index in [1.54, 1.807) is 11.8 Å². The molecule has 1 aliphatic rings. The molecule has 1 aromatic carbocycles. The molecule has 0 radical (unpaired) electrons. The van der Waals surface area contributed by atoms with Crippen LogP contribution in [0.3, 0.4) is 0 Å². The summed E-state index contributed by atoms with van der Waals surface area (Å²) in [6, 6.07) is 2.66. The van der Waals surface area contributed by atoms with Crippen LogP contribution in [-0.2, 0) is 16.6 Å². The van der Waals surface area contributed by atoms with Gasteiger partial charge in [0.1, 0.15) is 4.90 Å². The number of hydrogen-bond acceptors (Lipinski definition) is 4. The largest absolute Gasteiger partial charge is 0.392 e. The Hall–Kier alpha value is 0.0200. The predicted molar refractivity (Wildman–Crippen MR) is 83.1 cm³/mol. The van der Waals surface area contributed by atoms with Crippen molar-refractivity contribution in [2.75, 3.05) is 12.3 Å². The van der Waals surface area contributed by atoms with Crippen molar-refractivity contribution in [1.29, 1.82) is 0 Å². The smallest absolute Gasteiger partial charge is 0.242 e. The molecule has 0 amide bonds. The van der Waals surface area contributed by atoms with Gasteiger partial charge in [0.25, 0.3) is 0 Å². The van der Waals surface area contributed by atoms with Gasteiger partial charge in [0.05, 0.1) is 11.6 Å². The van der Waals surface area contributed by atoms with E-state index in [2.05, 4.69) is 4.72 Å². The molecule has 1 fully saturated rings. The Balaban J connectivity index is 2.19. The Kier molecular flexibility index (Phi) is 5.62. The van der Waals surface area contributed by atoms with Crippen molar-refractivity contribution < 1.29 is 13.5 Å². The average Bonchev–Trinajstić information content (AvgIpc) is 2.89. The number of sulfonamides is 1. The first-order valence-electron chi connectivity index (χ1n) is 6.14. The van der Waals surface area contributed by atoms with E-state index in [1.165, 1.54) is 12.1 Å². The van der Waals surface area contributed by atoms with Crippen molar-refractivity contribution in [3.63, 3.8) is 0 Å². The van der Waals surface area contributed by atoms with E-state index in [9.17, 15) is 8.42 Å². The van der Waals surface area contributed by atoms with Crippen LogP contribution in [0.2, 0.25) is 10.0 Å². The molecule has 2 N–H and O–H groups in total. The van der Waals surface area contributed by atoms with E-state index in [0.717, 1.165) is 18.6 Å². The fourth-order valence-corrected chi connectivity index (χ4v) is 5.23. The topological polar surface area (TPSA) is 66.4 Å². The summed E-state index contributed by atoms with van der Waals surface area (Å²) in [5.41, 5.74) is 0.340. The molecule has 1 heterocycles. The first kappa shape index (κ1) is 16.4. The number of nitrogens with one attached hydrogen (secondary N) is 1. The number of rotatable bonds is 5. The lowest BCUT2D eigenvalue weighted by Gasteiger charge is -2.13. The van der Waals surface area contributed by atoms with E-state index in [1.807, 2.05) is 0 Å². The highest BCUT2D eigenvalue weighted by Gasteiger charge is 2.23. The number of halogens is 2. The van der Waals surface area contributed by atoms with Crippen LogP contribution >= 0.6 is 35.0 Å². The normalized spacial score (nSPS) is 19.4. The molecular weight excluding hydrogens is 341 g/mol. The molecule has 1 atom stereocenters. The first-order chi connectivity index (χ1) is 9.44. The van der Waals surface area contributed by atoms with Crippen LogP contribution in [-0.4, -0.2) is 31.1 Å². The quantitative estimate of drug-likeness (QED) is 0.851. The summed E-state index contributed by atoms with van der Waals surface area (Å²) in [6.45, 7) is 0.0530. The lowest BCUT2D eigenvalue weighted by molar-refractivity contribution is 0.281. The molecule has 1 aromatic rings. The van der Waals surface area contributed by atoms with E-state index in [4.69, 9.17) is 28.3 Å². The van der Waals surface area contributed by atoms with Gasteiger partial charge in [-0.2, -0.15) is 11.8 Å². The molecule has 0 aliphatic carbocycles. The average molecular weight is 356 g/mol. The number of benzene rings is 1. The fourth-order valence-electron chi connectivity index (χ4n) is 1.98. The van der Waals surface area contributed by atoms with Crippen molar-refractivity contribution in [2.45, 2.75) is 29.6 Å². The second kappa shape index (κ2) is 6.85. The van der Waals surface area contributed by atoms with Gasteiger partial charge in [-0.05, 0) is 36.3 Å². The van der Waals surface area contributed by atoms with Crippen molar-refractivity contribution in [2.24, 2.45) is 0 Å². The van der Waals surface area contributed by atoms with Crippen LogP contribution in [0.25, 0.3) is 0 Å². The van der Waals surface area contributed by atoms with Crippen LogP contribution < -0.4 is 4.72 Å². The standard InChI is InChI=1S/C12H15Cl2NO3S2/c13-10-5-11(14)12(4-8(10)7-16)20(17,18)15-6-9-2-1-3-19-9/h4-5,9,15-16H,1-3,6-7H2. The maximum Gasteiger partial charge on any atom is 0.242 e. The molecule has 0 saturated carbocycles. The molecule has 2 rings (SSSR count). The van der Waals surface area contributed by atoms with Crippen LogP contribution in [0.4, 0.5) is 0 Å². The molecule has 20 heavy (non-hydrogen) atoms. The zero-order valence-corrected chi connectivity index (χ0v) is 13.7. The molecule has 4 nitrogen and oxygen atoms in total. The van der Waals surface area contributed by atoms with Crippen molar-refractivity contribution in [3.8, 4) is 0 Å².